The molecule has 0 radical (unpaired) electrons. The van der Waals surface area contributed by atoms with Crippen LogP contribution in [0.5, 0.6) is 0 Å². The molecule has 0 unspecified atom stereocenters. The molecule has 144 valence electrons. The largest absolute Gasteiger partial charge is 0.435 e. The fraction of sp³-hybridized carbons (Fsp3) is 0.500. The van der Waals surface area contributed by atoms with Crippen LogP contribution in [0.3, 0.4) is 0 Å². The minimum absolute atomic E-state index is 0.153. The van der Waals surface area contributed by atoms with Crippen LogP contribution in [0.15, 0.2) is 24.3 Å². The van der Waals surface area contributed by atoms with Crippen LogP contribution in [0, 0.1) is 0 Å². The molecule has 7 heteroatoms. The second-order valence-electron chi connectivity index (χ2n) is 8.05. The summed E-state index contributed by atoms with van der Waals surface area (Å²) < 4.78 is 41.8. The Hall–Kier alpha value is -2.31. The average molecular weight is 377 g/mol. The third-order valence-electron chi connectivity index (χ3n) is 5.62. The topological polar surface area (TPSA) is 38.1 Å². The lowest BCUT2D eigenvalue weighted by molar-refractivity contribution is -0.142. The van der Waals surface area contributed by atoms with Gasteiger partial charge in [-0.1, -0.05) is 26.0 Å². The number of fused-ring (bicyclic) bond motifs is 1. The lowest BCUT2D eigenvalue weighted by Gasteiger charge is -2.21. The Morgan fingerprint density at radius 3 is 2.44 bits per heavy atom. The van der Waals surface area contributed by atoms with E-state index in [0.29, 0.717) is 42.8 Å². The van der Waals surface area contributed by atoms with Gasteiger partial charge in [0, 0.05) is 30.5 Å². The van der Waals surface area contributed by atoms with E-state index in [-0.39, 0.29) is 11.3 Å². The maximum absolute atomic E-state index is 13.4. The summed E-state index contributed by atoms with van der Waals surface area (Å²) in [5.74, 6) is 0.153. The molecule has 2 heterocycles. The van der Waals surface area contributed by atoms with Gasteiger partial charge in [-0.3, -0.25) is 4.79 Å². The van der Waals surface area contributed by atoms with Crippen molar-refractivity contribution in [3.63, 3.8) is 0 Å². The predicted molar refractivity (Wildman–Crippen MR) is 94.6 cm³/mol. The summed E-state index contributed by atoms with van der Waals surface area (Å²) in [7, 11) is 0. The lowest BCUT2D eigenvalue weighted by Crippen LogP contribution is -2.23. The fourth-order valence-corrected chi connectivity index (χ4v) is 4.19. The van der Waals surface area contributed by atoms with Crippen molar-refractivity contribution in [2.24, 2.45) is 0 Å². The van der Waals surface area contributed by atoms with Gasteiger partial charge in [0.1, 0.15) is 0 Å². The van der Waals surface area contributed by atoms with Gasteiger partial charge in [-0.05, 0) is 37.0 Å². The summed E-state index contributed by atoms with van der Waals surface area (Å²) in [6.07, 6.45) is -1.91. The number of alkyl halides is 3. The number of aromatic nitrogens is 2. The molecule has 0 saturated carbocycles. The van der Waals surface area contributed by atoms with Crippen molar-refractivity contribution in [2.45, 2.75) is 57.7 Å². The molecule has 2 aliphatic rings. The first-order valence-electron chi connectivity index (χ1n) is 9.23. The molecular weight excluding hydrogens is 355 g/mol. The van der Waals surface area contributed by atoms with Crippen LogP contribution in [0.1, 0.15) is 55.6 Å². The van der Waals surface area contributed by atoms with Crippen molar-refractivity contribution < 1.29 is 18.0 Å². The number of halogens is 3. The molecule has 27 heavy (non-hydrogen) atoms. The summed E-state index contributed by atoms with van der Waals surface area (Å²) in [5, 5.41) is 3.94. The maximum Gasteiger partial charge on any atom is 0.435 e. The molecule has 1 amide bonds. The molecule has 0 atom stereocenters. The molecule has 1 aliphatic carbocycles. The van der Waals surface area contributed by atoms with Crippen molar-refractivity contribution >= 4 is 5.91 Å². The summed E-state index contributed by atoms with van der Waals surface area (Å²) in [4.78, 5) is 13.6. The van der Waals surface area contributed by atoms with Gasteiger partial charge in [0.25, 0.3) is 0 Å². The molecule has 1 saturated heterocycles. The van der Waals surface area contributed by atoms with Crippen LogP contribution in [-0.2, 0) is 29.4 Å². The number of carbonyl (C=O) groups is 1. The minimum Gasteiger partial charge on any atom is -0.338 e. The summed E-state index contributed by atoms with van der Waals surface area (Å²) in [6, 6.07) is 7.31. The number of rotatable bonds is 3. The van der Waals surface area contributed by atoms with Gasteiger partial charge in [-0.25, -0.2) is 4.68 Å². The smallest absolute Gasteiger partial charge is 0.338 e. The normalized spacial score (nSPS) is 19.0. The van der Waals surface area contributed by atoms with E-state index in [1.165, 1.54) is 4.68 Å². The Morgan fingerprint density at radius 2 is 1.85 bits per heavy atom. The van der Waals surface area contributed by atoms with Crippen molar-refractivity contribution in [1.82, 2.24) is 14.7 Å². The zero-order chi connectivity index (χ0) is 19.4. The van der Waals surface area contributed by atoms with E-state index in [9.17, 15) is 18.0 Å². The molecular formula is C20H22F3N3O. The molecule has 1 aromatic heterocycles. The Kier molecular flexibility index (Phi) is 4.09. The van der Waals surface area contributed by atoms with Crippen molar-refractivity contribution in [3.05, 3.63) is 46.8 Å². The van der Waals surface area contributed by atoms with Gasteiger partial charge in [0.15, 0.2) is 5.69 Å². The Labute approximate surface area is 156 Å². The highest BCUT2D eigenvalue weighted by Crippen LogP contribution is 2.45. The number of likely N-dealkylation sites (tertiary alicyclic amines) is 1. The molecule has 0 bridgehead atoms. The van der Waals surface area contributed by atoms with E-state index >= 15 is 0 Å². The first-order chi connectivity index (χ1) is 12.7. The zero-order valence-electron chi connectivity index (χ0n) is 15.4. The van der Waals surface area contributed by atoms with Gasteiger partial charge < -0.3 is 4.90 Å². The Bertz CT molecular complexity index is 881. The number of carbonyl (C=O) groups excluding carboxylic acids is 1. The summed E-state index contributed by atoms with van der Waals surface area (Å²) in [5.41, 5.74) is 1.43. The average Bonchev–Trinajstić information content (AvgIpc) is 3.25. The quantitative estimate of drug-likeness (QED) is 0.803. The first kappa shape index (κ1) is 18.1. The molecule has 1 aliphatic heterocycles. The third kappa shape index (κ3) is 3.13. The molecule has 1 aromatic carbocycles. The van der Waals surface area contributed by atoms with Crippen molar-refractivity contribution in [2.75, 3.05) is 6.54 Å². The van der Waals surface area contributed by atoms with Gasteiger partial charge in [0.2, 0.25) is 5.91 Å². The molecule has 4 rings (SSSR count). The zero-order valence-corrected chi connectivity index (χ0v) is 15.4. The van der Waals surface area contributed by atoms with E-state index in [1.54, 1.807) is 12.1 Å². The van der Waals surface area contributed by atoms with Crippen LogP contribution >= 0.6 is 0 Å². The SMILES string of the molecule is CC1(C)CCc2c(C(F)(F)F)nn(-c3ccc(CN4CCCC4=O)cc3)c21. The fourth-order valence-electron chi connectivity index (χ4n) is 4.19. The van der Waals surface area contributed by atoms with E-state index < -0.39 is 11.9 Å². The molecule has 1 fully saturated rings. The Balaban J connectivity index is 1.69. The van der Waals surface area contributed by atoms with Crippen LogP contribution in [0.25, 0.3) is 5.69 Å². The molecule has 2 aromatic rings. The van der Waals surface area contributed by atoms with Gasteiger partial charge >= 0.3 is 6.18 Å². The standard InChI is InChI=1S/C20H22F3N3O/c1-19(2)10-9-15-17(20(21,22)23)24-26(18(15)19)14-7-5-13(6-8-14)12-25-11-3-4-16(25)27/h5-8H,3-4,9-12H2,1-2H3. The predicted octanol–water partition coefficient (Wildman–Crippen LogP) is 4.24. The highest BCUT2D eigenvalue weighted by atomic mass is 19.4. The lowest BCUT2D eigenvalue weighted by atomic mass is 9.90. The van der Waals surface area contributed by atoms with Crippen LogP contribution in [0.2, 0.25) is 0 Å². The number of benzene rings is 1. The number of nitrogens with zero attached hydrogens (tertiary/aromatic N) is 3. The number of hydrogen-bond donors (Lipinski definition) is 0. The molecule has 0 spiro atoms. The summed E-state index contributed by atoms with van der Waals surface area (Å²) in [6.45, 7) is 5.22. The van der Waals surface area contributed by atoms with Crippen LogP contribution in [-0.4, -0.2) is 27.1 Å². The highest BCUT2D eigenvalue weighted by Gasteiger charge is 2.45. The Morgan fingerprint density at radius 1 is 1.15 bits per heavy atom. The van der Waals surface area contributed by atoms with Crippen molar-refractivity contribution in [3.8, 4) is 5.69 Å². The number of amides is 1. The second-order valence-corrected chi connectivity index (χ2v) is 8.05. The maximum atomic E-state index is 13.4. The van der Waals surface area contributed by atoms with E-state index in [0.717, 1.165) is 18.5 Å². The van der Waals surface area contributed by atoms with E-state index in [2.05, 4.69) is 5.10 Å². The third-order valence-corrected chi connectivity index (χ3v) is 5.62. The van der Waals surface area contributed by atoms with E-state index in [1.807, 2.05) is 30.9 Å². The summed E-state index contributed by atoms with van der Waals surface area (Å²) >= 11 is 0. The monoisotopic (exact) mass is 377 g/mol. The van der Waals surface area contributed by atoms with Crippen LogP contribution in [0.4, 0.5) is 13.2 Å². The second kappa shape index (κ2) is 6.11. The van der Waals surface area contributed by atoms with Crippen LogP contribution < -0.4 is 0 Å². The van der Waals surface area contributed by atoms with Crippen molar-refractivity contribution in [1.29, 1.82) is 0 Å². The van der Waals surface area contributed by atoms with Gasteiger partial charge in [0.05, 0.1) is 11.4 Å². The van der Waals surface area contributed by atoms with Gasteiger partial charge in [-0.15, -0.1) is 0 Å². The highest BCUT2D eigenvalue weighted by molar-refractivity contribution is 5.78. The number of hydrogen-bond acceptors (Lipinski definition) is 2. The molecule has 0 N–H and O–H groups in total. The van der Waals surface area contributed by atoms with E-state index in [4.69, 9.17) is 0 Å². The molecule has 4 nitrogen and oxygen atoms in total. The first-order valence-corrected chi connectivity index (χ1v) is 9.23. The minimum atomic E-state index is -4.45. The van der Waals surface area contributed by atoms with Gasteiger partial charge in [-0.2, -0.15) is 18.3 Å².